The van der Waals surface area contributed by atoms with Gasteiger partial charge < -0.3 is 24.4 Å². The molecule has 0 aromatic rings. The molecule has 0 bridgehead atoms. The lowest BCUT2D eigenvalue weighted by Crippen LogP contribution is -2.48. The van der Waals surface area contributed by atoms with Crippen molar-refractivity contribution in [2.75, 3.05) is 6.61 Å². The monoisotopic (exact) mass is 372 g/mol. The molecule has 6 heteroatoms. The molecule has 0 amide bonds. The van der Waals surface area contributed by atoms with Crippen LogP contribution in [0.5, 0.6) is 0 Å². The Labute approximate surface area is 157 Å². The smallest absolute Gasteiger partial charge is 0.309 e. The van der Waals surface area contributed by atoms with E-state index >= 15 is 0 Å². The lowest BCUT2D eigenvalue weighted by molar-refractivity contribution is -0.273. The van der Waals surface area contributed by atoms with Gasteiger partial charge >= 0.3 is 5.97 Å². The minimum atomic E-state index is -0.808. The zero-order valence-electron chi connectivity index (χ0n) is 16.6. The Hall–Kier alpha value is -0.690. The number of esters is 1. The van der Waals surface area contributed by atoms with Gasteiger partial charge in [-0.1, -0.05) is 26.7 Å². The molecule has 2 fully saturated rings. The number of carbonyl (C=O) groups excluding carboxylic acids is 1. The summed E-state index contributed by atoms with van der Waals surface area (Å²) in [7, 11) is 0. The van der Waals surface area contributed by atoms with Crippen LogP contribution in [0.2, 0.25) is 0 Å². The highest BCUT2D eigenvalue weighted by molar-refractivity contribution is 5.75. The van der Waals surface area contributed by atoms with Crippen molar-refractivity contribution < 1.29 is 29.2 Å². The van der Waals surface area contributed by atoms with Crippen molar-refractivity contribution in [2.24, 2.45) is 17.8 Å². The van der Waals surface area contributed by atoms with Crippen LogP contribution in [0.1, 0.15) is 66.2 Å². The number of aliphatic hydroxyl groups excluding tert-OH is 2. The lowest BCUT2D eigenvalue weighted by Gasteiger charge is -2.36. The van der Waals surface area contributed by atoms with Crippen molar-refractivity contribution in [3.8, 4) is 0 Å². The number of carbonyl (C=O) groups is 1. The molecule has 1 heterocycles. The van der Waals surface area contributed by atoms with Gasteiger partial charge in [0.1, 0.15) is 6.10 Å². The fraction of sp³-hybridized carbons (Fsp3) is 0.950. The van der Waals surface area contributed by atoms with Gasteiger partial charge in [0.05, 0.1) is 30.8 Å². The summed E-state index contributed by atoms with van der Waals surface area (Å²) < 4.78 is 16.8. The molecule has 1 saturated heterocycles. The van der Waals surface area contributed by atoms with Crippen molar-refractivity contribution in [1.29, 1.82) is 0 Å². The molecule has 7 atom stereocenters. The number of hydrogen-bond donors (Lipinski definition) is 2. The fourth-order valence-corrected chi connectivity index (χ4v) is 3.50. The van der Waals surface area contributed by atoms with Crippen molar-refractivity contribution >= 4 is 5.97 Å². The Morgan fingerprint density at radius 3 is 2.54 bits per heavy atom. The van der Waals surface area contributed by atoms with Gasteiger partial charge in [-0.05, 0) is 44.9 Å². The van der Waals surface area contributed by atoms with Gasteiger partial charge in [-0.2, -0.15) is 0 Å². The van der Waals surface area contributed by atoms with Crippen LogP contribution in [-0.4, -0.2) is 53.5 Å². The Morgan fingerprint density at radius 1 is 1.19 bits per heavy atom. The zero-order valence-corrected chi connectivity index (χ0v) is 16.6. The van der Waals surface area contributed by atoms with E-state index in [1.54, 1.807) is 6.92 Å². The highest BCUT2D eigenvalue weighted by Gasteiger charge is 2.44. The average Bonchev–Trinajstić information content (AvgIpc) is 3.38. The first-order valence-corrected chi connectivity index (χ1v) is 10.2. The van der Waals surface area contributed by atoms with Gasteiger partial charge in [0.15, 0.2) is 6.29 Å². The first-order valence-electron chi connectivity index (χ1n) is 10.2. The van der Waals surface area contributed by atoms with Gasteiger partial charge in [0.25, 0.3) is 0 Å². The van der Waals surface area contributed by atoms with E-state index in [9.17, 15) is 15.0 Å². The molecule has 1 aliphatic heterocycles. The molecule has 0 unspecified atom stereocenters. The maximum atomic E-state index is 12.1. The van der Waals surface area contributed by atoms with Gasteiger partial charge in [-0.15, -0.1) is 0 Å². The summed E-state index contributed by atoms with van der Waals surface area (Å²) in [6.45, 7) is 8.51. The summed E-state index contributed by atoms with van der Waals surface area (Å²) in [6.07, 6.45) is 2.41. The average molecular weight is 373 g/mol. The van der Waals surface area contributed by atoms with Crippen LogP contribution in [0, 0.1) is 17.8 Å². The second-order valence-corrected chi connectivity index (χ2v) is 8.02. The number of aliphatic hydroxyl groups is 2. The summed E-state index contributed by atoms with van der Waals surface area (Å²) in [4.78, 5) is 12.1. The second kappa shape index (κ2) is 10.0. The minimum absolute atomic E-state index is 0.0447. The first-order chi connectivity index (χ1) is 12.3. The highest BCUT2D eigenvalue weighted by atomic mass is 16.7. The van der Waals surface area contributed by atoms with Gasteiger partial charge in [0, 0.05) is 6.42 Å². The van der Waals surface area contributed by atoms with Crippen molar-refractivity contribution in [3.05, 3.63) is 0 Å². The highest BCUT2D eigenvalue weighted by Crippen LogP contribution is 2.43. The van der Waals surface area contributed by atoms with E-state index in [2.05, 4.69) is 13.8 Å². The standard InChI is InChI=1S/C20H36O6/c1-5-14(6-2)11-24-19(23)16-9-15(16)8-7-12(3)25-20-18(22)10-17(21)13(4)26-20/h12-18,20-22H,5-11H2,1-4H3/t12-,13+,15-,16-,17-,18-,20-/m1/s1. The Morgan fingerprint density at radius 2 is 1.88 bits per heavy atom. The predicted octanol–water partition coefficient (Wildman–Crippen LogP) is 2.64. The van der Waals surface area contributed by atoms with Gasteiger partial charge in [-0.3, -0.25) is 4.79 Å². The minimum Gasteiger partial charge on any atom is -0.465 e. The van der Waals surface area contributed by atoms with Crippen LogP contribution < -0.4 is 0 Å². The van der Waals surface area contributed by atoms with Crippen LogP contribution in [0.25, 0.3) is 0 Å². The van der Waals surface area contributed by atoms with E-state index in [1.165, 1.54) is 0 Å². The number of hydrogen-bond acceptors (Lipinski definition) is 6. The Balaban J connectivity index is 1.63. The van der Waals surface area contributed by atoms with Crippen molar-refractivity contribution in [2.45, 2.75) is 96.9 Å². The molecule has 2 rings (SSSR count). The summed E-state index contributed by atoms with van der Waals surface area (Å²) in [6, 6.07) is 0. The summed E-state index contributed by atoms with van der Waals surface area (Å²) in [5, 5.41) is 19.7. The van der Waals surface area contributed by atoms with Crippen LogP contribution in [0.3, 0.4) is 0 Å². The topological polar surface area (TPSA) is 85.2 Å². The Bertz CT molecular complexity index is 438. The molecular weight excluding hydrogens is 336 g/mol. The first kappa shape index (κ1) is 21.6. The van der Waals surface area contributed by atoms with Crippen molar-refractivity contribution in [1.82, 2.24) is 0 Å². The van der Waals surface area contributed by atoms with E-state index in [4.69, 9.17) is 14.2 Å². The molecule has 26 heavy (non-hydrogen) atoms. The molecule has 2 N–H and O–H groups in total. The lowest BCUT2D eigenvalue weighted by atomic mass is 10.0. The van der Waals surface area contributed by atoms with Crippen molar-refractivity contribution in [3.63, 3.8) is 0 Å². The third kappa shape index (κ3) is 6.19. The van der Waals surface area contributed by atoms with Crippen LogP contribution in [-0.2, 0) is 19.0 Å². The van der Waals surface area contributed by atoms with E-state index in [0.29, 0.717) is 18.4 Å². The van der Waals surface area contributed by atoms with E-state index in [-0.39, 0.29) is 30.5 Å². The normalized spacial score (nSPS) is 35.3. The Kier molecular flexibility index (Phi) is 8.33. The van der Waals surface area contributed by atoms with Crippen LogP contribution in [0.15, 0.2) is 0 Å². The SMILES string of the molecule is CCC(CC)COC(=O)[C@@H]1C[C@H]1CC[C@@H](C)O[C@@H]1O[C@@H](C)[C@H](O)C[C@H]1O. The molecular formula is C20H36O6. The van der Waals surface area contributed by atoms with Crippen LogP contribution >= 0.6 is 0 Å². The number of rotatable bonds is 10. The predicted molar refractivity (Wildman–Crippen MR) is 97.4 cm³/mol. The molecule has 6 nitrogen and oxygen atoms in total. The molecule has 0 aromatic carbocycles. The molecule has 152 valence electrons. The van der Waals surface area contributed by atoms with Gasteiger partial charge in [0.2, 0.25) is 0 Å². The third-order valence-electron chi connectivity index (χ3n) is 5.84. The molecule has 1 aliphatic carbocycles. The van der Waals surface area contributed by atoms with E-state index in [1.807, 2.05) is 6.92 Å². The second-order valence-electron chi connectivity index (χ2n) is 8.02. The summed E-state index contributed by atoms with van der Waals surface area (Å²) >= 11 is 0. The molecule has 1 saturated carbocycles. The molecule has 0 aromatic heterocycles. The number of ether oxygens (including phenoxy) is 3. The summed E-state index contributed by atoms with van der Waals surface area (Å²) in [5.74, 6) is 0.841. The maximum absolute atomic E-state index is 12.1. The van der Waals surface area contributed by atoms with E-state index < -0.39 is 18.5 Å². The van der Waals surface area contributed by atoms with Crippen LogP contribution in [0.4, 0.5) is 0 Å². The molecule has 0 radical (unpaired) electrons. The zero-order chi connectivity index (χ0) is 19.3. The quantitative estimate of drug-likeness (QED) is 0.574. The van der Waals surface area contributed by atoms with Gasteiger partial charge in [-0.25, -0.2) is 0 Å². The third-order valence-corrected chi connectivity index (χ3v) is 5.84. The largest absolute Gasteiger partial charge is 0.465 e. The fourth-order valence-electron chi connectivity index (χ4n) is 3.50. The maximum Gasteiger partial charge on any atom is 0.309 e. The molecule has 2 aliphatic rings. The summed E-state index contributed by atoms with van der Waals surface area (Å²) in [5.41, 5.74) is 0. The van der Waals surface area contributed by atoms with E-state index in [0.717, 1.165) is 32.1 Å². The molecule has 0 spiro atoms.